The molecule has 20 heavy (non-hydrogen) atoms. The first-order valence-electron chi connectivity index (χ1n) is 7.85. The minimum absolute atomic E-state index is 0.0999. The molecule has 0 aromatic rings. The normalized spacial score (nSPS) is 26.9. The summed E-state index contributed by atoms with van der Waals surface area (Å²) in [5.41, 5.74) is 0. The van der Waals surface area contributed by atoms with Crippen molar-refractivity contribution in [3.8, 4) is 0 Å². The fourth-order valence-corrected chi connectivity index (χ4v) is 3.02. The number of nitrogens with zero attached hydrogens (tertiary/aromatic N) is 2. The van der Waals surface area contributed by atoms with E-state index in [1.807, 2.05) is 6.92 Å². The number of amides is 2. The first-order valence-corrected chi connectivity index (χ1v) is 7.85. The molecule has 0 aliphatic carbocycles. The number of carbonyl (C=O) groups excluding carboxylic acids is 2. The minimum atomic E-state index is -0.341. The van der Waals surface area contributed by atoms with E-state index >= 15 is 0 Å². The zero-order valence-electron chi connectivity index (χ0n) is 12.6. The third-order valence-corrected chi connectivity index (χ3v) is 4.30. The van der Waals surface area contributed by atoms with Crippen molar-refractivity contribution in [2.24, 2.45) is 0 Å². The molecule has 2 rings (SSSR count). The Bertz CT molecular complexity index is 359. The predicted molar refractivity (Wildman–Crippen MR) is 76.3 cm³/mol. The van der Waals surface area contributed by atoms with Gasteiger partial charge in [0, 0.05) is 19.7 Å². The summed E-state index contributed by atoms with van der Waals surface area (Å²) in [6, 6.07) is -0.560. The molecule has 2 saturated heterocycles. The first-order chi connectivity index (χ1) is 9.66. The van der Waals surface area contributed by atoms with Crippen LogP contribution in [0.2, 0.25) is 0 Å². The van der Waals surface area contributed by atoms with Gasteiger partial charge in [0.2, 0.25) is 11.8 Å². The molecule has 2 aliphatic rings. The molecule has 2 atom stereocenters. The Balaban J connectivity index is 1.91. The highest BCUT2D eigenvalue weighted by Gasteiger charge is 2.44. The fraction of sp³-hybridized carbons (Fsp3) is 0.867. The van der Waals surface area contributed by atoms with E-state index in [4.69, 9.17) is 4.74 Å². The van der Waals surface area contributed by atoms with Crippen molar-refractivity contribution in [2.75, 3.05) is 26.3 Å². The van der Waals surface area contributed by atoms with Crippen molar-refractivity contribution in [3.05, 3.63) is 0 Å². The van der Waals surface area contributed by atoms with Crippen molar-refractivity contribution in [3.63, 3.8) is 0 Å². The van der Waals surface area contributed by atoms with Crippen molar-refractivity contribution in [1.82, 2.24) is 9.80 Å². The van der Waals surface area contributed by atoms with Crippen LogP contribution in [0.4, 0.5) is 0 Å². The SMILES string of the molecule is CCCCOCCN1C(=O)C2CCCCN2C(=O)C1C. The molecular weight excluding hydrogens is 256 g/mol. The molecule has 5 heteroatoms. The molecule has 114 valence electrons. The molecule has 2 aliphatic heterocycles. The number of carbonyl (C=O) groups is 2. The number of piperazine rings is 1. The molecule has 0 bridgehead atoms. The lowest BCUT2D eigenvalue weighted by atomic mass is 9.96. The lowest BCUT2D eigenvalue weighted by Gasteiger charge is -2.46. The zero-order chi connectivity index (χ0) is 14.5. The van der Waals surface area contributed by atoms with Gasteiger partial charge in [-0.15, -0.1) is 0 Å². The van der Waals surface area contributed by atoms with Gasteiger partial charge in [0.05, 0.1) is 6.61 Å². The van der Waals surface area contributed by atoms with Gasteiger partial charge in [-0.05, 0) is 32.6 Å². The van der Waals surface area contributed by atoms with Gasteiger partial charge in [0.25, 0.3) is 0 Å². The van der Waals surface area contributed by atoms with Crippen LogP contribution in [0.5, 0.6) is 0 Å². The molecule has 0 radical (unpaired) electrons. The second-order valence-electron chi connectivity index (χ2n) is 5.72. The Morgan fingerprint density at radius 3 is 2.75 bits per heavy atom. The number of ether oxygens (including phenoxy) is 1. The summed E-state index contributed by atoms with van der Waals surface area (Å²) in [7, 11) is 0. The minimum Gasteiger partial charge on any atom is -0.380 e. The van der Waals surface area contributed by atoms with Crippen LogP contribution in [0.25, 0.3) is 0 Å². The van der Waals surface area contributed by atoms with Gasteiger partial charge in [-0.3, -0.25) is 9.59 Å². The Labute approximate surface area is 121 Å². The molecule has 2 amide bonds. The smallest absolute Gasteiger partial charge is 0.246 e. The molecule has 0 N–H and O–H groups in total. The van der Waals surface area contributed by atoms with E-state index in [0.717, 1.165) is 45.3 Å². The second-order valence-corrected chi connectivity index (χ2v) is 5.72. The summed E-state index contributed by atoms with van der Waals surface area (Å²) >= 11 is 0. The number of unbranched alkanes of at least 4 members (excludes halogenated alkanes) is 1. The summed E-state index contributed by atoms with van der Waals surface area (Å²) in [5, 5.41) is 0. The average Bonchev–Trinajstić information content (AvgIpc) is 2.48. The van der Waals surface area contributed by atoms with Crippen molar-refractivity contribution >= 4 is 11.8 Å². The lowest BCUT2D eigenvalue weighted by Crippen LogP contribution is -2.65. The van der Waals surface area contributed by atoms with Gasteiger partial charge >= 0.3 is 0 Å². The average molecular weight is 282 g/mol. The number of piperidine rings is 1. The lowest BCUT2D eigenvalue weighted by molar-refractivity contribution is -0.163. The summed E-state index contributed by atoms with van der Waals surface area (Å²) in [6.45, 7) is 6.47. The standard InChI is InChI=1S/C15H26N2O3/c1-3-4-10-20-11-9-16-12(2)14(18)17-8-6-5-7-13(17)15(16)19/h12-13H,3-11H2,1-2H3. The number of fused-ring (bicyclic) bond motifs is 1. The van der Waals surface area contributed by atoms with Crippen molar-refractivity contribution in [1.29, 1.82) is 0 Å². The summed E-state index contributed by atoms with van der Waals surface area (Å²) in [5.74, 6) is 0.207. The Hall–Kier alpha value is -1.10. The first kappa shape index (κ1) is 15.3. The monoisotopic (exact) mass is 282 g/mol. The van der Waals surface area contributed by atoms with Gasteiger partial charge < -0.3 is 14.5 Å². The second kappa shape index (κ2) is 7.07. The third kappa shape index (κ3) is 3.14. The van der Waals surface area contributed by atoms with Crippen LogP contribution in [-0.4, -0.2) is 60.0 Å². The third-order valence-electron chi connectivity index (χ3n) is 4.30. The van der Waals surface area contributed by atoms with Crippen LogP contribution in [-0.2, 0) is 14.3 Å². The maximum absolute atomic E-state index is 12.5. The van der Waals surface area contributed by atoms with Crippen molar-refractivity contribution in [2.45, 2.75) is 58.0 Å². The number of hydrogen-bond donors (Lipinski definition) is 0. The highest BCUT2D eigenvalue weighted by atomic mass is 16.5. The van der Waals surface area contributed by atoms with Gasteiger partial charge in [-0.25, -0.2) is 0 Å². The highest BCUT2D eigenvalue weighted by molar-refractivity contribution is 5.96. The van der Waals surface area contributed by atoms with Gasteiger partial charge in [0.15, 0.2) is 0 Å². The van der Waals surface area contributed by atoms with E-state index < -0.39 is 0 Å². The van der Waals surface area contributed by atoms with E-state index in [2.05, 4.69) is 6.92 Å². The number of rotatable bonds is 6. The summed E-state index contributed by atoms with van der Waals surface area (Å²) in [4.78, 5) is 28.3. The van der Waals surface area contributed by atoms with Gasteiger partial charge in [-0.1, -0.05) is 13.3 Å². The molecule has 0 saturated carbocycles. The highest BCUT2D eigenvalue weighted by Crippen LogP contribution is 2.25. The molecule has 0 spiro atoms. The quantitative estimate of drug-likeness (QED) is 0.692. The maximum Gasteiger partial charge on any atom is 0.246 e. The van der Waals surface area contributed by atoms with E-state index in [0.29, 0.717) is 13.2 Å². The van der Waals surface area contributed by atoms with Crippen LogP contribution in [0.1, 0.15) is 46.0 Å². The van der Waals surface area contributed by atoms with E-state index in [-0.39, 0.29) is 23.9 Å². The summed E-state index contributed by atoms with van der Waals surface area (Å²) in [6.07, 6.45) is 5.01. The molecule has 5 nitrogen and oxygen atoms in total. The van der Waals surface area contributed by atoms with Crippen molar-refractivity contribution < 1.29 is 14.3 Å². The van der Waals surface area contributed by atoms with E-state index in [1.165, 1.54) is 0 Å². The molecule has 0 aromatic heterocycles. The fourth-order valence-electron chi connectivity index (χ4n) is 3.02. The van der Waals surface area contributed by atoms with E-state index in [1.54, 1.807) is 9.80 Å². The summed E-state index contributed by atoms with van der Waals surface area (Å²) < 4.78 is 5.53. The van der Waals surface area contributed by atoms with Gasteiger partial charge in [0.1, 0.15) is 12.1 Å². The topological polar surface area (TPSA) is 49.9 Å². The molecular formula is C15H26N2O3. The van der Waals surface area contributed by atoms with Crippen LogP contribution < -0.4 is 0 Å². The largest absolute Gasteiger partial charge is 0.380 e. The molecule has 2 heterocycles. The van der Waals surface area contributed by atoms with E-state index in [9.17, 15) is 9.59 Å². The van der Waals surface area contributed by atoms with Gasteiger partial charge in [-0.2, -0.15) is 0 Å². The molecule has 2 fully saturated rings. The molecule has 0 aromatic carbocycles. The Morgan fingerprint density at radius 1 is 1.20 bits per heavy atom. The Morgan fingerprint density at radius 2 is 2.00 bits per heavy atom. The van der Waals surface area contributed by atoms with Crippen LogP contribution in [0.3, 0.4) is 0 Å². The Kier molecular flexibility index (Phi) is 5.40. The van der Waals surface area contributed by atoms with Crippen LogP contribution in [0.15, 0.2) is 0 Å². The molecule has 2 unspecified atom stereocenters. The van der Waals surface area contributed by atoms with Crippen LogP contribution in [0, 0.1) is 0 Å². The van der Waals surface area contributed by atoms with Crippen LogP contribution >= 0.6 is 0 Å². The number of hydrogen-bond acceptors (Lipinski definition) is 3. The zero-order valence-corrected chi connectivity index (χ0v) is 12.6. The maximum atomic E-state index is 12.5. The predicted octanol–water partition coefficient (Wildman–Crippen LogP) is 1.41.